The Balaban J connectivity index is 0.00000320. The van der Waals surface area contributed by atoms with Gasteiger partial charge in [0.1, 0.15) is 11.5 Å². The Bertz CT molecular complexity index is 845. The van der Waals surface area contributed by atoms with Crippen molar-refractivity contribution in [3.05, 3.63) is 54.1 Å². The van der Waals surface area contributed by atoms with Crippen molar-refractivity contribution in [1.29, 1.82) is 0 Å². The molecule has 1 heterocycles. The zero-order valence-electron chi connectivity index (χ0n) is 17.0. The summed E-state index contributed by atoms with van der Waals surface area (Å²) in [6, 6.07) is 14.0. The van der Waals surface area contributed by atoms with Gasteiger partial charge in [-0.25, -0.2) is 0 Å². The highest BCUT2D eigenvalue weighted by molar-refractivity contribution is 5.95. The summed E-state index contributed by atoms with van der Waals surface area (Å²) in [5.41, 5.74) is 7.04. The van der Waals surface area contributed by atoms with Gasteiger partial charge < -0.3 is 25.4 Å². The van der Waals surface area contributed by atoms with Gasteiger partial charge in [0.2, 0.25) is 0 Å². The third kappa shape index (κ3) is 6.11. The number of benzene rings is 2. The van der Waals surface area contributed by atoms with Crippen molar-refractivity contribution < 1.29 is 19.1 Å². The molecule has 30 heavy (non-hydrogen) atoms. The minimum Gasteiger partial charge on any atom is -0.497 e. The summed E-state index contributed by atoms with van der Waals surface area (Å²) in [5, 5.41) is 2.75. The number of nitrogens with two attached hydrogens (primary N) is 1. The number of amides is 2. The maximum atomic E-state index is 12.8. The molecule has 8 heteroatoms. The quantitative estimate of drug-likeness (QED) is 0.699. The first-order valence-corrected chi connectivity index (χ1v) is 9.78. The maximum Gasteiger partial charge on any atom is 0.262 e. The molecule has 0 aromatic heterocycles. The average Bonchev–Trinajstić information content (AvgIpc) is 2.77. The summed E-state index contributed by atoms with van der Waals surface area (Å²) < 4.78 is 10.7. The molecule has 0 saturated carbocycles. The second kappa shape index (κ2) is 11.4. The number of rotatable bonds is 7. The molecule has 0 spiro atoms. The topological polar surface area (TPSA) is 93.9 Å². The number of anilines is 1. The number of ether oxygens (including phenoxy) is 2. The number of hydrogen-bond donors (Lipinski definition) is 2. The molecule has 2 aromatic carbocycles. The Morgan fingerprint density at radius 3 is 2.60 bits per heavy atom. The highest BCUT2D eigenvalue weighted by Gasteiger charge is 2.26. The Labute approximate surface area is 182 Å². The molecule has 0 bridgehead atoms. The standard InChI is InChI=1S/C22H27N3O4.ClH/c1-28-20-7-4-5-17(13-20)24-21(26)15-29-19-10-8-16(9-11-19)22(27)25-12-3-2-6-18(25)14-23;/h4-5,7-11,13,18H,2-3,6,12,14-15,23H2,1H3,(H,24,26);1H. The first-order chi connectivity index (χ1) is 14.1. The van der Waals surface area contributed by atoms with Crippen LogP contribution in [-0.4, -0.2) is 49.6 Å². The molecule has 1 aliphatic heterocycles. The lowest BCUT2D eigenvalue weighted by Crippen LogP contribution is -2.47. The highest BCUT2D eigenvalue weighted by Crippen LogP contribution is 2.21. The summed E-state index contributed by atoms with van der Waals surface area (Å²) in [6.07, 6.45) is 3.06. The molecule has 1 saturated heterocycles. The van der Waals surface area contributed by atoms with Crippen LogP contribution in [0.1, 0.15) is 29.6 Å². The highest BCUT2D eigenvalue weighted by atomic mass is 35.5. The monoisotopic (exact) mass is 433 g/mol. The second-order valence-corrected chi connectivity index (χ2v) is 6.98. The van der Waals surface area contributed by atoms with E-state index in [1.807, 2.05) is 4.90 Å². The summed E-state index contributed by atoms with van der Waals surface area (Å²) in [5.74, 6) is 0.894. The summed E-state index contributed by atoms with van der Waals surface area (Å²) in [4.78, 5) is 26.7. The van der Waals surface area contributed by atoms with Crippen LogP contribution >= 0.6 is 12.4 Å². The van der Waals surface area contributed by atoms with Gasteiger partial charge in [-0.1, -0.05) is 6.07 Å². The third-order valence-corrected chi connectivity index (χ3v) is 4.98. The number of carbonyl (C=O) groups excluding carboxylic acids is 2. The summed E-state index contributed by atoms with van der Waals surface area (Å²) in [7, 11) is 1.57. The van der Waals surface area contributed by atoms with Gasteiger partial charge in [0.05, 0.1) is 7.11 Å². The maximum absolute atomic E-state index is 12.8. The SMILES string of the molecule is COc1cccc(NC(=O)COc2ccc(C(=O)N3CCCCC3CN)cc2)c1.Cl. The van der Waals surface area contributed by atoms with Gasteiger partial charge in [0.15, 0.2) is 6.61 Å². The molecule has 2 amide bonds. The molecule has 3 rings (SSSR count). The van der Waals surface area contributed by atoms with E-state index in [4.69, 9.17) is 15.2 Å². The number of nitrogens with zero attached hydrogens (tertiary/aromatic N) is 1. The van der Waals surface area contributed by atoms with Crippen LogP contribution in [0.3, 0.4) is 0 Å². The van der Waals surface area contributed by atoms with E-state index in [1.54, 1.807) is 55.6 Å². The van der Waals surface area contributed by atoms with Crippen LogP contribution in [0.2, 0.25) is 0 Å². The molecular weight excluding hydrogens is 406 g/mol. The van der Waals surface area contributed by atoms with Gasteiger partial charge in [-0.05, 0) is 55.7 Å². The van der Waals surface area contributed by atoms with Crippen LogP contribution in [0.4, 0.5) is 5.69 Å². The molecule has 1 fully saturated rings. The van der Waals surface area contributed by atoms with E-state index in [0.717, 1.165) is 25.8 Å². The zero-order chi connectivity index (χ0) is 20.6. The summed E-state index contributed by atoms with van der Waals surface area (Å²) in [6.45, 7) is 1.09. The largest absolute Gasteiger partial charge is 0.497 e. The number of piperidine rings is 1. The number of carbonyl (C=O) groups is 2. The van der Waals surface area contributed by atoms with Crippen molar-refractivity contribution in [2.45, 2.75) is 25.3 Å². The van der Waals surface area contributed by atoms with E-state index < -0.39 is 0 Å². The van der Waals surface area contributed by atoms with Crippen LogP contribution in [0.25, 0.3) is 0 Å². The number of hydrogen-bond acceptors (Lipinski definition) is 5. The number of halogens is 1. The van der Waals surface area contributed by atoms with Crippen molar-refractivity contribution in [1.82, 2.24) is 4.90 Å². The predicted molar refractivity (Wildman–Crippen MR) is 119 cm³/mol. The van der Waals surface area contributed by atoms with Gasteiger partial charge in [-0.2, -0.15) is 0 Å². The fourth-order valence-electron chi connectivity index (χ4n) is 3.42. The number of likely N-dealkylation sites (tertiary alicyclic amines) is 1. The van der Waals surface area contributed by atoms with Gasteiger partial charge in [-0.15, -0.1) is 12.4 Å². The lowest BCUT2D eigenvalue weighted by atomic mass is 10.0. The van der Waals surface area contributed by atoms with Crippen LogP contribution in [-0.2, 0) is 4.79 Å². The fourth-order valence-corrected chi connectivity index (χ4v) is 3.42. The van der Waals surface area contributed by atoms with Crippen LogP contribution in [0.5, 0.6) is 11.5 Å². The summed E-state index contributed by atoms with van der Waals surface area (Å²) >= 11 is 0. The Hall–Kier alpha value is -2.77. The molecule has 7 nitrogen and oxygen atoms in total. The number of methoxy groups -OCH3 is 1. The Morgan fingerprint density at radius 1 is 1.13 bits per heavy atom. The van der Waals surface area contributed by atoms with Gasteiger partial charge in [0, 0.05) is 36.4 Å². The zero-order valence-corrected chi connectivity index (χ0v) is 17.8. The van der Waals surface area contributed by atoms with Gasteiger partial charge >= 0.3 is 0 Å². The lowest BCUT2D eigenvalue weighted by Gasteiger charge is -2.35. The van der Waals surface area contributed by atoms with Crippen LogP contribution < -0.4 is 20.5 Å². The molecule has 0 aliphatic carbocycles. The van der Waals surface area contributed by atoms with E-state index >= 15 is 0 Å². The second-order valence-electron chi connectivity index (χ2n) is 6.98. The first kappa shape index (κ1) is 23.5. The molecule has 1 atom stereocenters. The van der Waals surface area contributed by atoms with Crippen molar-refractivity contribution in [3.63, 3.8) is 0 Å². The van der Waals surface area contributed by atoms with Crippen molar-refractivity contribution in [3.8, 4) is 11.5 Å². The molecule has 162 valence electrons. The minimum absolute atomic E-state index is 0. The molecule has 3 N–H and O–H groups in total. The van der Waals surface area contributed by atoms with E-state index in [-0.39, 0.29) is 36.9 Å². The van der Waals surface area contributed by atoms with Crippen LogP contribution in [0, 0.1) is 0 Å². The smallest absolute Gasteiger partial charge is 0.262 e. The minimum atomic E-state index is -0.280. The van der Waals surface area contributed by atoms with E-state index in [2.05, 4.69) is 5.32 Å². The van der Waals surface area contributed by atoms with E-state index in [1.165, 1.54) is 0 Å². The fraction of sp³-hybridized carbons (Fsp3) is 0.364. The first-order valence-electron chi connectivity index (χ1n) is 9.78. The van der Waals surface area contributed by atoms with E-state index in [9.17, 15) is 9.59 Å². The van der Waals surface area contributed by atoms with Crippen molar-refractivity contribution in [2.24, 2.45) is 5.73 Å². The predicted octanol–water partition coefficient (Wildman–Crippen LogP) is 3.09. The Kier molecular flexibility index (Phi) is 8.95. The van der Waals surface area contributed by atoms with Crippen molar-refractivity contribution >= 4 is 29.9 Å². The van der Waals surface area contributed by atoms with Gasteiger partial charge in [0.25, 0.3) is 11.8 Å². The van der Waals surface area contributed by atoms with Gasteiger partial charge in [-0.3, -0.25) is 9.59 Å². The van der Waals surface area contributed by atoms with Crippen LogP contribution in [0.15, 0.2) is 48.5 Å². The average molecular weight is 434 g/mol. The Morgan fingerprint density at radius 2 is 1.90 bits per heavy atom. The number of nitrogens with one attached hydrogen (secondary N) is 1. The normalized spacial score (nSPS) is 15.7. The molecule has 2 aromatic rings. The molecule has 1 aliphatic rings. The van der Waals surface area contributed by atoms with Crippen molar-refractivity contribution in [2.75, 3.05) is 32.1 Å². The lowest BCUT2D eigenvalue weighted by molar-refractivity contribution is -0.118. The molecule has 1 unspecified atom stereocenters. The van der Waals surface area contributed by atoms with E-state index in [0.29, 0.717) is 29.3 Å². The molecule has 0 radical (unpaired) electrons. The third-order valence-electron chi connectivity index (χ3n) is 4.98. The molecular formula is C22H28ClN3O4.